The van der Waals surface area contributed by atoms with Crippen LogP contribution in [0.3, 0.4) is 0 Å². The van der Waals surface area contributed by atoms with Gasteiger partial charge in [0.15, 0.2) is 0 Å². The SMILES string of the molecule is C[C@@H]1CNC[C@H]1C(=O)NCC(F)F. The van der Waals surface area contributed by atoms with E-state index in [1.54, 1.807) is 0 Å². The van der Waals surface area contributed by atoms with Gasteiger partial charge in [-0.1, -0.05) is 6.92 Å². The second-order valence-corrected chi connectivity index (χ2v) is 3.38. The number of alkyl halides is 2. The first-order valence-corrected chi connectivity index (χ1v) is 4.38. The van der Waals surface area contributed by atoms with Crippen molar-refractivity contribution in [3.63, 3.8) is 0 Å². The molecule has 0 aromatic rings. The molecule has 0 radical (unpaired) electrons. The minimum absolute atomic E-state index is 0.154. The first kappa shape index (κ1) is 10.4. The number of carbonyl (C=O) groups is 1. The lowest BCUT2D eigenvalue weighted by Crippen LogP contribution is -2.36. The van der Waals surface area contributed by atoms with E-state index < -0.39 is 13.0 Å². The predicted octanol–water partition coefficient (Wildman–Crippen LogP) is 0.223. The van der Waals surface area contributed by atoms with Crippen LogP contribution in [0.25, 0.3) is 0 Å². The summed E-state index contributed by atoms with van der Waals surface area (Å²) in [6.45, 7) is 2.78. The highest BCUT2D eigenvalue weighted by molar-refractivity contribution is 5.79. The second-order valence-electron chi connectivity index (χ2n) is 3.38. The molecule has 1 amide bonds. The molecule has 5 heteroatoms. The van der Waals surface area contributed by atoms with Gasteiger partial charge in [0, 0.05) is 6.54 Å². The average molecular weight is 192 g/mol. The van der Waals surface area contributed by atoms with E-state index in [9.17, 15) is 13.6 Å². The summed E-state index contributed by atoms with van der Waals surface area (Å²) in [5.41, 5.74) is 0. The fourth-order valence-corrected chi connectivity index (χ4v) is 1.47. The summed E-state index contributed by atoms with van der Waals surface area (Å²) >= 11 is 0. The van der Waals surface area contributed by atoms with E-state index in [-0.39, 0.29) is 17.7 Å². The zero-order valence-electron chi connectivity index (χ0n) is 7.52. The molecule has 2 N–H and O–H groups in total. The summed E-state index contributed by atoms with van der Waals surface area (Å²) in [6, 6.07) is 0. The Morgan fingerprint density at radius 1 is 1.62 bits per heavy atom. The third-order valence-electron chi connectivity index (χ3n) is 2.28. The number of carbonyl (C=O) groups excluding carboxylic acids is 1. The Balaban J connectivity index is 2.30. The maximum absolute atomic E-state index is 11.7. The lowest BCUT2D eigenvalue weighted by Gasteiger charge is -2.13. The first-order valence-electron chi connectivity index (χ1n) is 4.38. The number of amides is 1. The molecular weight excluding hydrogens is 178 g/mol. The van der Waals surface area contributed by atoms with Crippen molar-refractivity contribution in [2.24, 2.45) is 11.8 Å². The molecule has 0 saturated carbocycles. The van der Waals surface area contributed by atoms with E-state index in [1.807, 2.05) is 6.92 Å². The van der Waals surface area contributed by atoms with Gasteiger partial charge in [-0.25, -0.2) is 8.78 Å². The van der Waals surface area contributed by atoms with Crippen molar-refractivity contribution < 1.29 is 13.6 Å². The molecule has 0 unspecified atom stereocenters. The van der Waals surface area contributed by atoms with Gasteiger partial charge in [0.25, 0.3) is 6.43 Å². The molecule has 1 fully saturated rings. The van der Waals surface area contributed by atoms with Crippen molar-refractivity contribution >= 4 is 5.91 Å². The van der Waals surface area contributed by atoms with Crippen LogP contribution in [-0.2, 0) is 4.79 Å². The van der Waals surface area contributed by atoms with Gasteiger partial charge < -0.3 is 10.6 Å². The summed E-state index contributed by atoms with van der Waals surface area (Å²) in [5.74, 6) is -0.186. The minimum Gasteiger partial charge on any atom is -0.350 e. The Morgan fingerprint density at radius 2 is 2.31 bits per heavy atom. The first-order chi connectivity index (χ1) is 6.11. The molecule has 1 aliphatic heterocycles. The zero-order valence-corrected chi connectivity index (χ0v) is 7.52. The largest absolute Gasteiger partial charge is 0.350 e. The normalized spacial score (nSPS) is 28.0. The fourth-order valence-electron chi connectivity index (χ4n) is 1.47. The Kier molecular flexibility index (Phi) is 3.59. The number of hydrogen-bond donors (Lipinski definition) is 2. The summed E-state index contributed by atoms with van der Waals surface area (Å²) < 4.78 is 23.5. The van der Waals surface area contributed by atoms with E-state index in [4.69, 9.17) is 0 Å². The van der Waals surface area contributed by atoms with Crippen LogP contribution in [0.4, 0.5) is 8.78 Å². The molecule has 1 aliphatic rings. The number of nitrogens with one attached hydrogen (secondary N) is 2. The third-order valence-corrected chi connectivity index (χ3v) is 2.28. The predicted molar refractivity (Wildman–Crippen MR) is 44.5 cm³/mol. The van der Waals surface area contributed by atoms with E-state index in [0.717, 1.165) is 6.54 Å². The van der Waals surface area contributed by atoms with Gasteiger partial charge in [-0.05, 0) is 12.5 Å². The second kappa shape index (κ2) is 4.50. The van der Waals surface area contributed by atoms with Crippen molar-refractivity contribution in [1.82, 2.24) is 10.6 Å². The van der Waals surface area contributed by atoms with Crippen LogP contribution in [-0.4, -0.2) is 32.0 Å². The van der Waals surface area contributed by atoms with E-state index in [1.165, 1.54) is 0 Å². The molecular formula is C8H14F2N2O. The molecule has 1 saturated heterocycles. The van der Waals surface area contributed by atoms with Crippen LogP contribution in [0, 0.1) is 11.8 Å². The van der Waals surface area contributed by atoms with Gasteiger partial charge in [0.1, 0.15) is 0 Å². The molecule has 0 spiro atoms. The van der Waals surface area contributed by atoms with Gasteiger partial charge in [0.2, 0.25) is 5.91 Å². The van der Waals surface area contributed by atoms with Crippen molar-refractivity contribution in [2.75, 3.05) is 19.6 Å². The van der Waals surface area contributed by atoms with Gasteiger partial charge in [-0.2, -0.15) is 0 Å². The Morgan fingerprint density at radius 3 is 2.77 bits per heavy atom. The highest BCUT2D eigenvalue weighted by atomic mass is 19.3. The summed E-state index contributed by atoms with van der Waals surface area (Å²) in [4.78, 5) is 11.3. The van der Waals surface area contributed by atoms with Gasteiger partial charge in [-0.3, -0.25) is 4.79 Å². The topological polar surface area (TPSA) is 41.1 Å². The number of hydrogen-bond acceptors (Lipinski definition) is 2. The lowest BCUT2D eigenvalue weighted by molar-refractivity contribution is -0.126. The number of halogens is 2. The smallest absolute Gasteiger partial charge is 0.255 e. The lowest BCUT2D eigenvalue weighted by atomic mass is 9.97. The quantitative estimate of drug-likeness (QED) is 0.671. The highest BCUT2D eigenvalue weighted by Gasteiger charge is 2.29. The van der Waals surface area contributed by atoms with Crippen molar-refractivity contribution in [2.45, 2.75) is 13.3 Å². The summed E-state index contributed by atoms with van der Waals surface area (Å²) in [5, 5.41) is 5.27. The third kappa shape index (κ3) is 2.91. The number of rotatable bonds is 3. The molecule has 0 bridgehead atoms. The molecule has 13 heavy (non-hydrogen) atoms. The van der Waals surface area contributed by atoms with Crippen LogP contribution in [0.15, 0.2) is 0 Å². The van der Waals surface area contributed by atoms with Crippen LogP contribution in [0.2, 0.25) is 0 Å². The van der Waals surface area contributed by atoms with E-state index in [2.05, 4.69) is 10.6 Å². The Hall–Kier alpha value is -0.710. The minimum atomic E-state index is -2.46. The molecule has 0 aliphatic carbocycles. The molecule has 0 aromatic heterocycles. The maximum Gasteiger partial charge on any atom is 0.255 e. The van der Waals surface area contributed by atoms with Crippen LogP contribution < -0.4 is 10.6 Å². The summed E-state index contributed by atoms with van der Waals surface area (Å²) in [6.07, 6.45) is -2.46. The fraction of sp³-hybridized carbons (Fsp3) is 0.875. The Labute approximate surface area is 75.9 Å². The molecule has 1 heterocycles. The van der Waals surface area contributed by atoms with Crippen molar-refractivity contribution in [3.8, 4) is 0 Å². The van der Waals surface area contributed by atoms with Crippen molar-refractivity contribution in [3.05, 3.63) is 0 Å². The molecule has 0 aromatic carbocycles. The standard InChI is InChI=1S/C8H14F2N2O/c1-5-2-11-3-6(5)8(13)12-4-7(9)10/h5-7,11H,2-4H2,1H3,(H,12,13)/t5-,6-/m1/s1. The molecule has 1 rings (SSSR count). The zero-order chi connectivity index (χ0) is 9.84. The van der Waals surface area contributed by atoms with Crippen LogP contribution >= 0.6 is 0 Å². The monoisotopic (exact) mass is 192 g/mol. The maximum atomic E-state index is 11.7. The van der Waals surface area contributed by atoms with Gasteiger partial charge in [0.05, 0.1) is 12.5 Å². The summed E-state index contributed by atoms with van der Waals surface area (Å²) in [7, 11) is 0. The molecule has 3 nitrogen and oxygen atoms in total. The van der Waals surface area contributed by atoms with Gasteiger partial charge >= 0.3 is 0 Å². The molecule has 2 atom stereocenters. The average Bonchev–Trinajstić information content (AvgIpc) is 2.47. The van der Waals surface area contributed by atoms with Crippen molar-refractivity contribution in [1.29, 1.82) is 0 Å². The van der Waals surface area contributed by atoms with Gasteiger partial charge in [-0.15, -0.1) is 0 Å². The van der Waals surface area contributed by atoms with E-state index in [0.29, 0.717) is 6.54 Å². The Bertz CT molecular complexity index is 187. The van der Waals surface area contributed by atoms with E-state index >= 15 is 0 Å². The highest BCUT2D eigenvalue weighted by Crippen LogP contribution is 2.15. The van der Waals surface area contributed by atoms with Crippen LogP contribution in [0.5, 0.6) is 0 Å². The van der Waals surface area contributed by atoms with Crippen LogP contribution in [0.1, 0.15) is 6.92 Å². The molecule has 76 valence electrons.